The quantitative estimate of drug-likeness (QED) is 0.340. The van der Waals surface area contributed by atoms with Crippen LogP contribution in [0.4, 0.5) is 10.1 Å². The Balaban J connectivity index is 1.45. The second-order valence-corrected chi connectivity index (χ2v) is 7.45. The number of halogens is 1. The lowest BCUT2D eigenvalue weighted by Crippen LogP contribution is -2.30. The molecule has 0 radical (unpaired) electrons. The van der Waals surface area contributed by atoms with Gasteiger partial charge in [0, 0.05) is 16.8 Å². The Morgan fingerprint density at radius 2 is 1.71 bits per heavy atom. The number of aromatic hydroxyl groups is 1. The van der Waals surface area contributed by atoms with Gasteiger partial charge < -0.3 is 20.3 Å². The maximum absolute atomic E-state index is 13.1. The molecule has 1 atom stereocenters. The molecule has 4 rings (SSSR count). The molecule has 31 heavy (non-hydrogen) atoms. The summed E-state index contributed by atoms with van der Waals surface area (Å²) in [4.78, 5) is 0. The Kier molecular flexibility index (Phi) is 5.95. The summed E-state index contributed by atoms with van der Waals surface area (Å²) in [6, 6.07) is 20.9. The summed E-state index contributed by atoms with van der Waals surface area (Å²) in [6.07, 6.45) is 1.56. The number of phenols is 1. The van der Waals surface area contributed by atoms with Crippen molar-refractivity contribution in [3.05, 3.63) is 90.4 Å². The zero-order valence-corrected chi connectivity index (χ0v) is 17.5. The number of rotatable bonds is 5. The van der Waals surface area contributed by atoms with Gasteiger partial charge in [-0.3, -0.25) is 0 Å². The van der Waals surface area contributed by atoms with E-state index in [0.717, 1.165) is 22.4 Å². The lowest BCUT2D eigenvalue weighted by atomic mass is 10.0. The number of benzene rings is 3. The van der Waals surface area contributed by atoms with Crippen LogP contribution in [0.2, 0.25) is 0 Å². The minimum absolute atomic E-state index is 0.0713. The van der Waals surface area contributed by atoms with E-state index in [4.69, 9.17) is 16.7 Å². The second kappa shape index (κ2) is 8.97. The van der Waals surface area contributed by atoms with Crippen molar-refractivity contribution >= 4 is 23.0 Å². The molecule has 0 aliphatic heterocycles. The van der Waals surface area contributed by atoms with E-state index in [0.29, 0.717) is 16.4 Å². The molecule has 3 N–H and O–H groups in total. The average molecular weight is 434 g/mol. The minimum Gasteiger partial charge on any atom is -0.507 e. The zero-order chi connectivity index (χ0) is 21.8. The first kappa shape index (κ1) is 20.6. The predicted octanol–water partition coefficient (Wildman–Crippen LogP) is 5.90. The van der Waals surface area contributed by atoms with Crippen LogP contribution in [0.15, 0.2) is 83.6 Å². The molecular weight excluding hydrogens is 413 g/mol. The normalized spacial score (nSPS) is 11.7. The monoisotopic (exact) mass is 433 g/mol. The lowest BCUT2D eigenvalue weighted by molar-refractivity contribution is 0.421. The maximum Gasteiger partial charge on any atom is 0.171 e. The van der Waals surface area contributed by atoms with Crippen LogP contribution < -0.4 is 10.6 Å². The van der Waals surface area contributed by atoms with Crippen molar-refractivity contribution in [2.45, 2.75) is 13.0 Å². The third-order valence-corrected chi connectivity index (χ3v) is 5.12. The molecule has 1 unspecified atom stereocenters. The molecule has 0 aliphatic carbocycles. The van der Waals surface area contributed by atoms with Crippen LogP contribution >= 0.6 is 12.2 Å². The van der Waals surface area contributed by atoms with E-state index in [1.165, 1.54) is 12.1 Å². The highest BCUT2D eigenvalue weighted by Gasteiger charge is 2.15. The first-order valence-electron chi connectivity index (χ1n) is 9.67. The Morgan fingerprint density at radius 3 is 2.42 bits per heavy atom. The van der Waals surface area contributed by atoms with Gasteiger partial charge in [0.25, 0.3) is 0 Å². The number of anilines is 1. The van der Waals surface area contributed by atoms with Crippen LogP contribution in [0.3, 0.4) is 0 Å². The number of thiocarbonyl (C=S) groups is 1. The van der Waals surface area contributed by atoms with Crippen molar-refractivity contribution in [2.75, 3.05) is 5.32 Å². The van der Waals surface area contributed by atoms with Gasteiger partial charge in [0.15, 0.2) is 5.11 Å². The van der Waals surface area contributed by atoms with E-state index >= 15 is 0 Å². The van der Waals surface area contributed by atoms with Crippen molar-refractivity contribution in [3.8, 4) is 28.1 Å². The molecule has 3 aromatic carbocycles. The number of aromatic nitrogens is 1. The summed E-state index contributed by atoms with van der Waals surface area (Å²) in [5, 5.41) is 21.0. The zero-order valence-electron chi connectivity index (χ0n) is 16.7. The van der Waals surface area contributed by atoms with E-state index in [-0.39, 0.29) is 17.6 Å². The average Bonchev–Trinajstić information content (AvgIpc) is 3.24. The molecule has 0 aliphatic rings. The number of para-hydroxylation sites is 1. The molecule has 0 amide bonds. The van der Waals surface area contributed by atoms with Gasteiger partial charge in [0.2, 0.25) is 0 Å². The SMILES string of the molecule is CC(NC(=S)Nc1ccc(-c2conc2-c2ccccc2O)cc1)c1ccc(F)cc1. The summed E-state index contributed by atoms with van der Waals surface area (Å²) in [6.45, 7) is 1.96. The molecule has 0 fully saturated rings. The third kappa shape index (κ3) is 4.73. The molecule has 5 nitrogen and oxygen atoms in total. The van der Waals surface area contributed by atoms with Crippen molar-refractivity contribution in [3.63, 3.8) is 0 Å². The molecule has 0 bridgehead atoms. The number of hydrogen-bond donors (Lipinski definition) is 3. The summed E-state index contributed by atoms with van der Waals surface area (Å²) in [5.74, 6) is -0.127. The predicted molar refractivity (Wildman–Crippen MR) is 123 cm³/mol. The van der Waals surface area contributed by atoms with Crippen LogP contribution in [0.1, 0.15) is 18.5 Å². The summed E-state index contributed by atoms with van der Waals surface area (Å²) >= 11 is 5.40. The Morgan fingerprint density at radius 1 is 1.00 bits per heavy atom. The Hall–Kier alpha value is -3.71. The highest BCUT2D eigenvalue weighted by atomic mass is 32.1. The van der Waals surface area contributed by atoms with Gasteiger partial charge in [0.05, 0.1) is 6.04 Å². The molecule has 4 aromatic rings. The summed E-state index contributed by atoms with van der Waals surface area (Å²) in [5.41, 5.74) is 4.60. The van der Waals surface area contributed by atoms with E-state index in [1.807, 2.05) is 37.3 Å². The van der Waals surface area contributed by atoms with Gasteiger partial charge in [-0.25, -0.2) is 4.39 Å². The van der Waals surface area contributed by atoms with E-state index in [9.17, 15) is 9.50 Å². The fourth-order valence-corrected chi connectivity index (χ4v) is 3.54. The van der Waals surface area contributed by atoms with Crippen molar-refractivity contribution in [1.82, 2.24) is 10.5 Å². The minimum atomic E-state index is -0.268. The first-order chi connectivity index (χ1) is 15.0. The Labute approximate surface area is 184 Å². The standard InChI is InChI=1S/C24H20FN3O2S/c1-15(16-6-10-18(25)11-7-16)26-24(31)27-19-12-8-17(9-13-19)21-14-30-28-23(21)20-4-2-3-5-22(20)29/h2-15,29H,1H3,(H2,26,27,31). The first-order valence-corrected chi connectivity index (χ1v) is 10.1. The van der Waals surface area contributed by atoms with Gasteiger partial charge in [-0.05, 0) is 66.7 Å². The van der Waals surface area contributed by atoms with Gasteiger partial charge in [-0.15, -0.1) is 0 Å². The molecular formula is C24H20FN3O2S. The fraction of sp³-hybridized carbons (Fsp3) is 0.0833. The molecule has 156 valence electrons. The third-order valence-electron chi connectivity index (χ3n) is 4.90. The fourth-order valence-electron chi connectivity index (χ4n) is 3.24. The molecule has 0 spiro atoms. The van der Waals surface area contributed by atoms with Gasteiger partial charge >= 0.3 is 0 Å². The second-order valence-electron chi connectivity index (χ2n) is 7.04. The van der Waals surface area contributed by atoms with Gasteiger partial charge in [-0.1, -0.05) is 41.6 Å². The smallest absolute Gasteiger partial charge is 0.171 e. The molecule has 7 heteroatoms. The molecule has 1 heterocycles. The maximum atomic E-state index is 13.1. The molecule has 0 saturated carbocycles. The van der Waals surface area contributed by atoms with Crippen molar-refractivity contribution < 1.29 is 14.0 Å². The Bertz CT molecular complexity index is 1190. The van der Waals surface area contributed by atoms with Crippen molar-refractivity contribution in [1.29, 1.82) is 0 Å². The number of nitrogens with one attached hydrogen (secondary N) is 2. The van der Waals surface area contributed by atoms with Crippen LogP contribution in [-0.2, 0) is 0 Å². The van der Waals surface area contributed by atoms with Crippen LogP contribution in [0, 0.1) is 5.82 Å². The van der Waals surface area contributed by atoms with E-state index < -0.39 is 0 Å². The largest absolute Gasteiger partial charge is 0.507 e. The molecule has 1 aromatic heterocycles. The number of hydrogen-bond acceptors (Lipinski definition) is 4. The lowest BCUT2D eigenvalue weighted by Gasteiger charge is -2.17. The summed E-state index contributed by atoms with van der Waals surface area (Å²) in [7, 11) is 0. The topological polar surface area (TPSA) is 70.3 Å². The van der Waals surface area contributed by atoms with Gasteiger partial charge in [0.1, 0.15) is 23.5 Å². The number of phenolic OH excluding ortho intramolecular Hbond substituents is 1. The van der Waals surface area contributed by atoms with E-state index in [2.05, 4.69) is 15.8 Å². The van der Waals surface area contributed by atoms with Crippen molar-refractivity contribution in [2.24, 2.45) is 0 Å². The highest BCUT2D eigenvalue weighted by Crippen LogP contribution is 2.35. The van der Waals surface area contributed by atoms with Crippen LogP contribution in [0.5, 0.6) is 5.75 Å². The van der Waals surface area contributed by atoms with Gasteiger partial charge in [-0.2, -0.15) is 0 Å². The number of nitrogens with zero attached hydrogens (tertiary/aromatic N) is 1. The summed E-state index contributed by atoms with van der Waals surface area (Å²) < 4.78 is 18.3. The van der Waals surface area contributed by atoms with Crippen LogP contribution in [0.25, 0.3) is 22.4 Å². The highest BCUT2D eigenvalue weighted by molar-refractivity contribution is 7.80. The molecule has 0 saturated heterocycles. The van der Waals surface area contributed by atoms with E-state index in [1.54, 1.807) is 36.6 Å². The van der Waals surface area contributed by atoms with Crippen LogP contribution in [-0.4, -0.2) is 15.4 Å².